The van der Waals surface area contributed by atoms with Gasteiger partial charge in [-0.3, -0.25) is 9.69 Å². The average Bonchev–Trinajstić information content (AvgIpc) is 3.50. The highest BCUT2D eigenvalue weighted by Gasteiger charge is 2.51. The van der Waals surface area contributed by atoms with Crippen molar-refractivity contribution in [3.63, 3.8) is 0 Å². The number of nitrogens with zero attached hydrogens (tertiary/aromatic N) is 1. The molecule has 5 aromatic rings. The van der Waals surface area contributed by atoms with Crippen molar-refractivity contribution >= 4 is 15.9 Å². The van der Waals surface area contributed by atoms with Crippen LogP contribution < -0.4 is 10.0 Å². The van der Waals surface area contributed by atoms with Gasteiger partial charge in [-0.2, -0.15) is 4.72 Å². The van der Waals surface area contributed by atoms with Gasteiger partial charge < -0.3 is 19.9 Å². The van der Waals surface area contributed by atoms with Crippen molar-refractivity contribution in [1.29, 1.82) is 0 Å². The number of ether oxygens (including phenoxy) is 2. The SMILES string of the molecule is Cc1ccc(S(=O)(=O)NC(Cc2ccccc2)C(=O)NCc2cccc(-c3ccc(C4OC(CN5CC6(C)CC5CC(C)(C)C6)C(C)C(c5ccc(CO)cc5)O4)cc3)c2)cc1. The van der Waals surface area contributed by atoms with E-state index in [1.165, 1.54) is 19.3 Å². The Bertz CT molecular complexity index is 2420. The highest BCUT2D eigenvalue weighted by molar-refractivity contribution is 7.89. The molecule has 1 amide bonds. The van der Waals surface area contributed by atoms with Gasteiger partial charge in [-0.05, 0) is 95.0 Å². The molecule has 1 aliphatic carbocycles. The van der Waals surface area contributed by atoms with Crippen LogP contribution in [0, 0.1) is 23.7 Å². The first-order valence-electron chi connectivity index (χ1n) is 22.0. The fraction of sp³-hybridized carbons (Fsp3) is 0.404. The molecule has 2 saturated heterocycles. The van der Waals surface area contributed by atoms with Gasteiger partial charge >= 0.3 is 0 Å². The van der Waals surface area contributed by atoms with Crippen molar-refractivity contribution in [3.8, 4) is 11.1 Å². The van der Waals surface area contributed by atoms with Crippen LogP contribution in [0.1, 0.15) is 92.7 Å². The van der Waals surface area contributed by atoms with Crippen LogP contribution in [-0.2, 0) is 43.9 Å². The maximum Gasteiger partial charge on any atom is 0.241 e. The van der Waals surface area contributed by atoms with Crippen molar-refractivity contribution in [3.05, 3.63) is 161 Å². The van der Waals surface area contributed by atoms with Gasteiger partial charge in [-0.1, -0.05) is 142 Å². The molecular weight excluding hydrogens is 795 g/mol. The van der Waals surface area contributed by atoms with E-state index >= 15 is 0 Å². The van der Waals surface area contributed by atoms with E-state index in [-0.39, 0.29) is 42.6 Å². The number of likely N-dealkylation sites (tertiary alicyclic amines) is 1. The van der Waals surface area contributed by atoms with E-state index in [1.807, 2.05) is 73.7 Å². The van der Waals surface area contributed by atoms with Crippen LogP contribution >= 0.6 is 0 Å². The Morgan fingerprint density at radius 3 is 2.21 bits per heavy atom. The Kier molecular flexibility index (Phi) is 12.9. The molecule has 3 N–H and O–H groups in total. The summed E-state index contributed by atoms with van der Waals surface area (Å²) in [6.45, 7) is 13.6. The number of rotatable bonds is 14. The molecule has 3 fully saturated rings. The number of nitrogens with one attached hydrogen (secondary N) is 2. The second-order valence-corrected chi connectivity index (χ2v) is 20.9. The maximum atomic E-state index is 13.7. The molecule has 0 radical (unpaired) electrons. The van der Waals surface area contributed by atoms with Crippen molar-refractivity contribution in [2.24, 2.45) is 16.7 Å². The molecule has 2 heterocycles. The first-order chi connectivity index (χ1) is 29.7. The van der Waals surface area contributed by atoms with Crippen molar-refractivity contribution in [1.82, 2.24) is 14.9 Å². The van der Waals surface area contributed by atoms with Crippen LogP contribution in [0.2, 0.25) is 0 Å². The summed E-state index contributed by atoms with van der Waals surface area (Å²) in [4.78, 5) is 16.5. The predicted molar refractivity (Wildman–Crippen MR) is 243 cm³/mol. The zero-order valence-corrected chi connectivity index (χ0v) is 37.4. The van der Waals surface area contributed by atoms with Gasteiger partial charge in [0.25, 0.3) is 0 Å². The first-order valence-corrected chi connectivity index (χ1v) is 23.5. The lowest BCUT2D eigenvalue weighted by Gasteiger charge is -2.43. The van der Waals surface area contributed by atoms with Gasteiger partial charge in [0.05, 0.1) is 23.7 Å². The molecule has 62 heavy (non-hydrogen) atoms. The second kappa shape index (κ2) is 18.2. The van der Waals surface area contributed by atoms with Crippen LogP contribution in [0.3, 0.4) is 0 Å². The summed E-state index contributed by atoms with van der Waals surface area (Å²) < 4.78 is 43.2. The van der Waals surface area contributed by atoms with Gasteiger partial charge in [0.1, 0.15) is 6.04 Å². The van der Waals surface area contributed by atoms with Crippen LogP contribution in [0.25, 0.3) is 11.1 Å². The number of hydrogen-bond acceptors (Lipinski definition) is 7. The van der Waals surface area contributed by atoms with E-state index < -0.39 is 28.3 Å². The lowest BCUT2D eigenvalue weighted by molar-refractivity contribution is -0.276. The van der Waals surface area contributed by atoms with E-state index in [4.69, 9.17) is 9.47 Å². The van der Waals surface area contributed by atoms with E-state index in [9.17, 15) is 18.3 Å². The van der Waals surface area contributed by atoms with Crippen LogP contribution in [0.5, 0.6) is 0 Å². The molecule has 5 aromatic carbocycles. The number of amides is 1. The van der Waals surface area contributed by atoms with E-state index in [2.05, 4.69) is 79.0 Å². The summed E-state index contributed by atoms with van der Waals surface area (Å²) >= 11 is 0. The number of carbonyl (C=O) groups is 1. The zero-order valence-electron chi connectivity index (χ0n) is 36.6. The predicted octanol–water partition coefficient (Wildman–Crippen LogP) is 9.05. The number of aliphatic hydroxyl groups is 1. The number of benzene rings is 5. The summed E-state index contributed by atoms with van der Waals surface area (Å²) in [5.41, 5.74) is 8.22. The van der Waals surface area contributed by atoms with Crippen molar-refractivity contribution in [2.75, 3.05) is 13.1 Å². The molecule has 10 heteroatoms. The molecule has 3 aliphatic rings. The number of hydrogen-bond donors (Lipinski definition) is 3. The van der Waals surface area contributed by atoms with E-state index in [0.29, 0.717) is 16.9 Å². The highest BCUT2D eigenvalue weighted by atomic mass is 32.2. The molecule has 0 aromatic heterocycles. The Morgan fingerprint density at radius 1 is 0.806 bits per heavy atom. The first kappa shape index (κ1) is 43.9. The quantitative estimate of drug-likeness (QED) is 0.102. The molecule has 0 spiro atoms. The molecule has 326 valence electrons. The van der Waals surface area contributed by atoms with E-state index in [1.54, 1.807) is 24.3 Å². The Balaban J connectivity index is 0.969. The third kappa shape index (κ3) is 10.2. The Hall–Kier alpha value is -4.68. The Morgan fingerprint density at radius 2 is 1.50 bits per heavy atom. The summed E-state index contributed by atoms with van der Waals surface area (Å²) in [7, 11) is -3.96. The molecule has 7 atom stereocenters. The standard InChI is InChI=1S/C52H61N3O6S/c1-35-14-24-45(25-15-35)62(58,59)54-46(27-37-10-7-6-8-11-37)49(57)53-30-39-12-9-13-43(26-39)40-20-22-42(23-21-40)50-60-47(31-55-34-52(5)29-44(55)28-51(3,4)33-52)36(2)48(61-50)41-18-16-38(32-56)17-19-41/h6-26,36,44,46-48,50,54,56H,27-34H2,1-5H3,(H,53,57). The third-order valence-electron chi connectivity index (χ3n) is 13.2. The summed E-state index contributed by atoms with van der Waals surface area (Å²) in [6.07, 6.45) is 3.11. The van der Waals surface area contributed by atoms with Crippen molar-refractivity contribution < 1.29 is 27.8 Å². The van der Waals surface area contributed by atoms with Crippen LogP contribution in [-0.4, -0.2) is 55.6 Å². The normalized spacial score (nSPS) is 25.3. The number of aliphatic hydroxyl groups excluding tert-OH is 1. The largest absolute Gasteiger partial charge is 0.392 e. The molecule has 1 saturated carbocycles. The minimum Gasteiger partial charge on any atom is -0.392 e. The molecule has 2 aliphatic heterocycles. The highest BCUT2D eigenvalue weighted by Crippen LogP contribution is 2.53. The van der Waals surface area contributed by atoms with E-state index in [0.717, 1.165) is 57.6 Å². The lowest BCUT2D eigenvalue weighted by atomic mass is 9.65. The van der Waals surface area contributed by atoms with Gasteiger partial charge in [0.15, 0.2) is 6.29 Å². The second-order valence-electron chi connectivity index (χ2n) is 19.2. The minimum absolute atomic E-state index is 0.000809. The number of carbonyl (C=O) groups excluding carboxylic acids is 1. The lowest BCUT2D eigenvalue weighted by Crippen LogP contribution is -2.47. The fourth-order valence-electron chi connectivity index (χ4n) is 10.4. The van der Waals surface area contributed by atoms with Crippen molar-refractivity contribution in [2.45, 2.75) is 109 Å². The third-order valence-corrected chi connectivity index (χ3v) is 14.7. The fourth-order valence-corrected chi connectivity index (χ4v) is 11.6. The zero-order chi connectivity index (χ0) is 43.6. The Labute approximate surface area is 367 Å². The van der Waals surface area contributed by atoms with Gasteiger partial charge in [-0.15, -0.1) is 0 Å². The van der Waals surface area contributed by atoms with Crippen LogP contribution in [0.15, 0.2) is 132 Å². The molecule has 8 rings (SSSR count). The molecule has 2 bridgehead atoms. The summed E-state index contributed by atoms with van der Waals surface area (Å²) in [6, 6.07) is 40.0. The monoisotopic (exact) mass is 855 g/mol. The number of aryl methyl sites for hydroxylation is 1. The summed E-state index contributed by atoms with van der Waals surface area (Å²) in [5, 5.41) is 12.7. The smallest absolute Gasteiger partial charge is 0.241 e. The molecule has 7 unspecified atom stereocenters. The minimum atomic E-state index is -3.96. The topological polar surface area (TPSA) is 117 Å². The molecular formula is C52H61N3O6S. The average molecular weight is 856 g/mol. The number of fused-ring (bicyclic) bond motifs is 2. The van der Waals surface area contributed by atoms with Crippen LogP contribution in [0.4, 0.5) is 0 Å². The van der Waals surface area contributed by atoms with Gasteiger partial charge in [-0.25, -0.2) is 8.42 Å². The molecule has 9 nitrogen and oxygen atoms in total. The van der Waals surface area contributed by atoms with Gasteiger partial charge in [0, 0.05) is 37.2 Å². The number of sulfonamides is 1. The maximum absolute atomic E-state index is 13.7. The van der Waals surface area contributed by atoms with Gasteiger partial charge in [0.2, 0.25) is 15.9 Å². The summed E-state index contributed by atoms with van der Waals surface area (Å²) in [5.74, 6) is -0.301.